The fourth-order valence-corrected chi connectivity index (χ4v) is 2.08. The van der Waals surface area contributed by atoms with Crippen molar-refractivity contribution in [2.45, 2.75) is 45.8 Å². The quantitative estimate of drug-likeness (QED) is 0.261. The normalized spacial score (nSPS) is 11.8. The number of carbonyl (C=O) groups excluding carboxylic acids is 2. The third kappa shape index (κ3) is 12.1. The SMILES string of the molecule is CN=C(NCC(=O)Nc1cccc(F)c1)NCC(C)(C)NC(=O)OC(C)(C)C.I. The highest BCUT2D eigenvalue weighted by atomic mass is 127. The molecule has 0 aliphatic carbocycles. The first-order valence-electron chi connectivity index (χ1n) is 8.91. The molecule has 1 aromatic carbocycles. The molecule has 0 aliphatic rings. The Morgan fingerprint density at radius 1 is 1.14 bits per heavy atom. The number of benzene rings is 1. The van der Waals surface area contributed by atoms with Crippen molar-refractivity contribution in [1.82, 2.24) is 16.0 Å². The number of guanidine groups is 1. The zero-order chi connectivity index (χ0) is 21.4. The summed E-state index contributed by atoms with van der Waals surface area (Å²) in [5.41, 5.74) is -0.832. The van der Waals surface area contributed by atoms with Crippen LogP contribution < -0.4 is 21.3 Å². The number of nitrogens with one attached hydrogen (secondary N) is 4. The summed E-state index contributed by atoms with van der Waals surface area (Å²) in [5.74, 6) is -0.392. The van der Waals surface area contributed by atoms with E-state index < -0.39 is 23.1 Å². The van der Waals surface area contributed by atoms with Crippen LogP contribution in [0, 0.1) is 5.82 Å². The van der Waals surface area contributed by atoms with E-state index in [0.717, 1.165) is 0 Å². The Kier molecular flexibility index (Phi) is 10.9. The van der Waals surface area contributed by atoms with Gasteiger partial charge in [0, 0.05) is 19.3 Å². The second-order valence-corrected chi connectivity index (χ2v) is 7.85. The van der Waals surface area contributed by atoms with Gasteiger partial charge in [0.15, 0.2) is 5.96 Å². The van der Waals surface area contributed by atoms with Gasteiger partial charge in [0.05, 0.1) is 12.1 Å². The number of ether oxygens (including phenoxy) is 1. The van der Waals surface area contributed by atoms with Gasteiger partial charge >= 0.3 is 6.09 Å². The molecule has 1 aromatic rings. The van der Waals surface area contributed by atoms with Gasteiger partial charge in [-0.25, -0.2) is 9.18 Å². The van der Waals surface area contributed by atoms with Crippen molar-refractivity contribution < 1.29 is 18.7 Å². The van der Waals surface area contributed by atoms with Gasteiger partial charge in [-0.2, -0.15) is 0 Å². The molecule has 164 valence electrons. The smallest absolute Gasteiger partial charge is 0.408 e. The lowest BCUT2D eigenvalue weighted by Crippen LogP contribution is -2.54. The summed E-state index contributed by atoms with van der Waals surface area (Å²) in [6, 6.07) is 5.64. The van der Waals surface area contributed by atoms with E-state index in [9.17, 15) is 14.0 Å². The van der Waals surface area contributed by atoms with Crippen LogP contribution in [0.2, 0.25) is 0 Å². The molecule has 2 amide bonds. The molecule has 10 heteroatoms. The van der Waals surface area contributed by atoms with Crippen LogP contribution in [0.15, 0.2) is 29.3 Å². The average molecular weight is 523 g/mol. The lowest BCUT2D eigenvalue weighted by molar-refractivity contribution is -0.115. The highest BCUT2D eigenvalue weighted by Gasteiger charge is 2.24. The van der Waals surface area contributed by atoms with Crippen molar-refractivity contribution in [2.75, 3.05) is 25.5 Å². The molecule has 0 aliphatic heterocycles. The molecule has 0 unspecified atom stereocenters. The lowest BCUT2D eigenvalue weighted by atomic mass is 10.1. The summed E-state index contributed by atoms with van der Waals surface area (Å²) in [4.78, 5) is 27.9. The molecule has 8 nitrogen and oxygen atoms in total. The topological polar surface area (TPSA) is 104 Å². The van der Waals surface area contributed by atoms with Crippen LogP contribution in [0.25, 0.3) is 0 Å². The molecule has 0 heterocycles. The van der Waals surface area contributed by atoms with E-state index in [2.05, 4.69) is 26.3 Å². The molecule has 0 fully saturated rings. The van der Waals surface area contributed by atoms with Crippen LogP contribution in [0.4, 0.5) is 14.9 Å². The Bertz CT molecular complexity index is 720. The van der Waals surface area contributed by atoms with E-state index in [0.29, 0.717) is 18.2 Å². The van der Waals surface area contributed by atoms with E-state index in [1.807, 2.05) is 13.8 Å². The number of nitrogens with zero attached hydrogens (tertiary/aromatic N) is 1. The highest BCUT2D eigenvalue weighted by molar-refractivity contribution is 14.0. The van der Waals surface area contributed by atoms with Gasteiger partial charge in [-0.3, -0.25) is 9.79 Å². The van der Waals surface area contributed by atoms with Crippen molar-refractivity contribution in [3.8, 4) is 0 Å². The number of halogens is 2. The molecule has 0 bridgehead atoms. The maximum absolute atomic E-state index is 13.1. The molecule has 0 aromatic heterocycles. The summed E-state index contributed by atoms with van der Waals surface area (Å²) in [6.45, 7) is 9.31. The maximum atomic E-state index is 13.1. The van der Waals surface area contributed by atoms with E-state index in [-0.39, 0.29) is 36.4 Å². The summed E-state index contributed by atoms with van der Waals surface area (Å²) in [7, 11) is 1.56. The third-order valence-corrected chi connectivity index (χ3v) is 3.29. The van der Waals surface area contributed by atoms with Gasteiger partial charge in [0.1, 0.15) is 11.4 Å². The predicted octanol–water partition coefficient (Wildman–Crippen LogP) is 2.85. The summed E-state index contributed by atoms with van der Waals surface area (Å²) in [6.07, 6.45) is -0.517. The molecule has 29 heavy (non-hydrogen) atoms. The highest BCUT2D eigenvalue weighted by Crippen LogP contribution is 2.09. The maximum Gasteiger partial charge on any atom is 0.408 e. The molecule has 0 saturated carbocycles. The Morgan fingerprint density at radius 3 is 2.34 bits per heavy atom. The van der Waals surface area contributed by atoms with Gasteiger partial charge in [-0.05, 0) is 52.8 Å². The second-order valence-electron chi connectivity index (χ2n) is 7.85. The molecular formula is C19H31FIN5O3. The fraction of sp³-hybridized carbons (Fsp3) is 0.526. The van der Waals surface area contributed by atoms with Gasteiger partial charge in [0.2, 0.25) is 5.91 Å². The van der Waals surface area contributed by atoms with Crippen LogP contribution >= 0.6 is 24.0 Å². The largest absolute Gasteiger partial charge is 0.444 e. The molecule has 0 saturated heterocycles. The van der Waals surface area contributed by atoms with Crippen molar-refractivity contribution in [3.63, 3.8) is 0 Å². The average Bonchev–Trinajstić information content (AvgIpc) is 2.52. The molecule has 0 spiro atoms. The number of anilines is 1. The van der Waals surface area contributed by atoms with Crippen LogP contribution in [-0.2, 0) is 9.53 Å². The third-order valence-electron chi connectivity index (χ3n) is 3.29. The first-order valence-corrected chi connectivity index (χ1v) is 8.91. The first kappa shape index (κ1) is 26.9. The minimum atomic E-state index is -0.621. The monoisotopic (exact) mass is 523 g/mol. The number of amides is 2. The molecular weight excluding hydrogens is 492 g/mol. The molecule has 1 rings (SSSR count). The van der Waals surface area contributed by atoms with E-state index in [4.69, 9.17) is 4.74 Å². The van der Waals surface area contributed by atoms with Crippen molar-refractivity contribution >= 4 is 47.6 Å². The zero-order valence-electron chi connectivity index (χ0n) is 17.7. The Balaban J connectivity index is 0.00000784. The minimum absolute atomic E-state index is 0. The van der Waals surface area contributed by atoms with E-state index in [1.165, 1.54) is 18.2 Å². The zero-order valence-corrected chi connectivity index (χ0v) is 20.0. The number of aliphatic imine (C=N–C) groups is 1. The number of hydrogen-bond acceptors (Lipinski definition) is 4. The summed E-state index contributed by atoms with van der Waals surface area (Å²) < 4.78 is 18.4. The van der Waals surface area contributed by atoms with Crippen molar-refractivity contribution in [1.29, 1.82) is 0 Å². The van der Waals surface area contributed by atoms with Crippen molar-refractivity contribution in [3.05, 3.63) is 30.1 Å². The van der Waals surface area contributed by atoms with Gasteiger partial charge in [-0.1, -0.05) is 6.07 Å². The number of alkyl carbamates (subject to hydrolysis) is 1. The Morgan fingerprint density at radius 2 is 1.79 bits per heavy atom. The minimum Gasteiger partial charge on any atom is -0.444 e. The standard InChI is InChI=1S/C19H30FN5O3.HI/c1-18(2,3)28-17(27)25-19(4,5)12-23-16(21-6)22-11-15(26)24-14-9-7-8-13(20)10-14;/h7-10H,11-12H2,1-6H3,(H,24,26)(H,25,27)(H2,21,22,23);1H. The molecule has 0 radical (unpaired) electrons. The van der Waals surface area contributed by atoms with Crippen molar-refractivity contribution in [2.24, 2.45) is 4.99 Å². The fourth-order valence-electron chi connectivity index (χ4n) is 2.08. The summed E-state index contributed by atoms with van der Waals surface area (Å²) >= 11 is 0. The summed E-state index contributed by atoms with van der Waals surface area (Å²) in [5, 5.41) is 11.3. The van der Waals surface area contributed by atoms with Crippen LogP contribution in [0.3, 0.4) is 0 Å². The van der Waals surface area contributed by atoms with Gasteiger partial charge in [0.25, 0.3) is 0 Å². The van der Waals surface area contributed by atoms with Gasteiger partial charge in [-0.15, -0.1) is 24.0 Å². The van der Waals surface area contributed by atoms with E-state index in [1.54, 1.807) is 33.9 Å². The molecule has 4 N–H and O–H groups in total. The number of hydrogen-bond donors (Lipinski definition) is 4. The van der Waals surface area contributed by atoms with Crippen LogP contribution in [0.1, 0.15) is 34.6 Å². The predicted molar refractivity (Wildman–Crippen MR) is 123 cm³/mol. The molecule has 0 atom stereocenters. The second kappa shape index (κ2) is 11.8. The Labute approximate surface area is 188 Å². The first-order chi connectivity index (χ1) is 12.9. The number of rotatable bonds is 6. The number of carbonyl (C=O) groups is 2. The Hall–Kier alpha value is -2.11. The lowest BCUT2D eigenvalue weighted by Gasteiger charge is -2.29. The van der Waals surface area contributed by atoms with E-state index >= 15 is 0 Å². The van der Waals surface area contributed by atoms with Gasteiger partial charge < -0.3 is 26.0 Å². The van der Waals surface area contributed by atoms with Crippen LogP contribution in [0.5, 0.6) is 0 Å². The van der Waals surface area contributed by atoms with Crippen LogP contribution in [-0.4, -0.2) is 49.2 Å².